The number of hydrogen-bond acceptors (Lipinski definition) is 1. The summed E-state index contributed by atoms with van der Waals surface area (Å²) in [6.07, 6.45) is 0. The second kappa shape index (κ2) is 6.77. The van der Waals surface area contributed by atoms with Gasteiger partial charge < -0.3 is 4.57 Å². The topological polar surface area (TPSA) is 3.24 Å². The fourth-order valence-corrected chi connectivity index (χ4v) is 5.29. The molecule has 0 saturated carbocycles. The molecule has 1 unspecified atom stereocenters. The van der Waals surface area contributed by atoms with Crippen molar-refractivity contribution in [3.05, 3.63) is 36.4 Å². The van der Waals surface area contributed by atoms with Crippen molar-refractivity contribution in [1.82, 2.24) is 4.57 Å². The molecule has 1 aromatic carbocycles. The van der Waals surface area contributed by atoms with Crippen LogP contribution in [0.5, 0.6) is 0 Å². The smallest absolute Gasteiger partial charge is 0.143 e. The minimum absolute atomic E-state index is 0.935. The summed E-state index contributed by atoms with van der Waals surface area (Å²) < 4.78 is 2.65. The van der Waals surface area contributed by atoms with E-state index in [9.17, 15) is 0 Å². The Morgan fingerprint density at radius 3 is 2.00 bits per heavy atom. The molecule has 1 atom stereocenters. The van der Waals surface area contributed by atoms with E-state index in [0.717, 1.165) is 5.57 Å². The molecule has 1 nitrogen and oxygen atoms in total. The third-order valence-electron chi connectivity index (χ3n) is 3.43. The molecule has 0 amide bonds. The summed E-state index contributed by atoms with van der Waals surface area (Å²) in [5, 5.41) is 1.56. The van der Waals surface area contributed by atoms with Gasteiger partial charge in [-0.3, -0.25) is 0 Å². The first-order chi connectivity index (χ1) is 8.13. The zero-order chi connectivity index (χ0) is 12.8. The molecular weight excluding hydrogens is 222 g/mol. The second-order valence-electron chi connectivity index (χ2n) is 4.55. The molecule has 0 saturated heterocycles. The molecule has 0 aliphatic rings. The van der Waals surface area contributed by atoms with Gasteiger partial charge in [-0.25, -0.2) is 0 Å². The molecule has 0 N–H and O–H groups in total. The lowest BCUT2D eigenvalue weighted by molar-refractivity contribution is 0.484. The normalized spacial score (nSPS) is 12.8. The molecular formula is C15H25NSi. The van der Waals surface area contributed by atoms with Crippen molar-refractivity contribution in [2.75, 3.05) is 13.1 Å². The van der Waals surface area contributed by atoms with Gasteiger partial charge in [0.2, 0.25) is 0 Å². The highest BCUT2D eigenvalue weighted by molar-refractivity contribution is 6.70. The summed E-state index contributed by atoms with van der Waals surface area (Å²) in [7, 11) is -0.935. The Labute approximate surface area is 108 Å². The third kappa shape index (κ3) is 3.55. The van der Waals surface area contributed by atoms with Gasteiger partial charge >= 0.3 is 0 Å². The van der Waals surface area contributed by atoms with Crippen LogP contribution < -0.4 is 5.19 Å². The van der Waals surface area contributed by atoms with E-state index >= 15 is 0 Å². The van der Waals surface area contributed by atoms with E-state index in [1.165, 1.54) is 24.7 Å². The summed E-state index contributed by atoms with van der Waals surface area (Å²) in [5.74, 6) is 0. The average Bonchev–Trinajstić information content (AvgIpc) is 2.36. The van der Waals surface area contributed by atoms with Gasteiger partial charge in [0, 0.05) is 0 Å². The standard InChI is InChI=1S/C15H25NSi/c1-6-16(7-2)17(8-3)15-11-9-14(10-12-15)13(4)5/h9-12,17H,4,6-8H2,1-3,5H3. The van der Waals surface area contributed by atoms with Gasteiger partial charge in [0.05, 0.1) is 0 Å². The first-order valence-electron chi connectivity index (χ1n) is 6.63. The molecule has 94 valence electrons. The maximum atomic E-state index is 3.99. The first-order valence-corrected chi connectivity index (χ1v) is 8.54. The Bertz CT molecular complexity index is 352. The van der Waals surface area contributed by atoms with Crippen molar-refractivity contribution in [2.45, 2.75) is 33.7 Å². The predicted octanol–water partition coefficient (Wildman–Crippen LogP) is 3.01. The highest BCUT2D eigenvalue weighted by Crippen LogP contribution is 2.10. The van der Waals surface area contributed by atoms with Crippen LogP contribution in [0.4, 0.5) is 0 Å². The Balaban J connectivity index is 2.92. The lowest BCUT2D eigenvalue weighted by Gasteiger charge is -2.28. The minimum Gasteiger partial charge on any atom is -0.323 e. The second-order valence-corrected chi connectivity index (χ2v) is 7.79. The molecule has 0 spiro atoms. The number of nitrogens with zero attached hydrogens (tertiary/aromatic N) is 1. The molecule has 1 rings (SSSR count). The fraction of sp³-hybridized carbons (Fsp3) is 0.467. The molecule has 0 heterocycles. The van der Waals surface area contributed by atoms with Gasteiger partial charge in [-0.05, 0) is 36.8 Å². The molecule has 0 aliphatic heterocycles. The summed E-state index contributed by atoms with van der Waals surface area (Å²) in [6, 6.07) is 10.4. The Kier molecular flexibility index (Phi) is 5.66. The van der Waals surface area contributed by atoms with E-state index in [-0.39, 0.29) is 0 Å². The number of hydrogen-bond donors (Lipinski definition) is 0. The van der Waals surface area contributed by atoms with Crippen LogP contribution >= 0.6 is 0 Å². The van der Waals surface area contributed by atoms with Crippen molar-refractivity contribution in [2.24, 2.45) is 0 Å². The van der Waals surface area contributed by atoms with Crippen LogP contribution in [0.25, 0.3) is 5.57 Å². The zero-order valence-electron chi connectivity index (χ0n) is 11.7. The SMILES string of the molecule is C=C(C)c1ccc([SiH](CC)N(CC)CC)cc1. The first kappa shape index (κ1) is 14.2. The largest absolute Gasteiger partial charge is 0.323 e. The predicted molar refractivity (Wildman–Crippen MR) is 81.3 cm³/mol. The highest BCUT2D eigenvalue weighted by atomic mass is 28.3. The van der Waals surface area contributed by atoms with Gasteiger partial charge in [-0.1, -0.05) is 57.2 Å². The molecule has 17 heavy (non-hydrogen) atoms. The van der Waals surface area contributed by atoms with Crippen LogP contribution in [0.2, 0.25) is 6.04 Å². The van der Waals surface area contributed by atoms with Crippen LogP contribution in [0, 0.1) is 0 Å². The maximum Gasteiger partial charge on any atom is 0.143 e. The molecule has 0 aromatic heterocycles. The molecule has 1 aromatic rings. The van der Waals surface area contributed by atoms with Gasteiger partial charge in [-0.15, -0.1) is 0 Å². The lowest BCUT2D eigenvalue weighted by Crippen LogP contribution is -2.47. The van der Waals surface area contributed by atoms with Crippen molar-refractivity contribution >= 4 is 19.7 Å². The van der Waals surface area contributed by atoms with Crippen LogP contribution in [-0.4, -0.2) is 26.6 Å². The van der Waals surface area contributed by atoms with Crippen molar-refractivity contribution in [3.63, 3.8) is 0 Å². The zero-order valence-corrected chi connectivity index (χ0v) is 12.8. The van der Waals surface area contributed by atoms with Crippen LogP contribution in [0.3, 0.4) is 0 Å². The minimum atomic E-state index is -0.935. The number of rotatable bonds is 6. The van der Waals surface area contributed by atoms with E-state index < -0.39 is 8.96 Å². The van der Waals surface area contributed by atoms with E-state index in [4.69, 9.17) is 0 Å². The Morgan fingerprint density at radius 1 is 1.12 bits per heavy atom. The summed E-state index contributed by atoms with van der Waals surface area (Å²) in [5.41, 5.74) is 2.41. The van der Waals surface area contributed by atoms with Gasteiger partial charge in [0.15, 0.2) is 0 Å². The van der Waals surface area contributed by atoms with Crippen LogP contribution in [0.1, 0.15) is 33.3 Å². The average molecular weight is 247 g/mol. The fourth-order valence-electron chi connectivity index (χ4n) is 2.36. The molecule has 2 heteroatoms. The lowest BCUT2D eigenvalue weighted by atomic mass is 10.1. The summed E-state index contributed by atoms with van der Waals surface area (Å²) >= 11 is 0. The summed E-state index contributed by atoms with van der Waals surface area (Å²) in [6.45, 7) is 15.2. The summed E-state index contributed by atoms with van der Waals surface area (Å²) in [4.78, 5) is 0. The Morgan fingerprint density at radius 2 is 1.65 bits per heavy atom. The van der Waals surface area contributed by atoms with Gasteiger partial charge in [-0.2, -0.15) is 0 Å². The van der Waals surface area contributed by atoms with Crippen LogP contribution in [0.15, 0.2) is 30.8 Å². The number of benzene rings is 1. The van der Waals surface area contributed by atoms with Gasteiger partial charge in [0.1, 0.15) is 8.96 Å². The van der Waals surface area contributed by atoms with Crippen LogP contribution in [-0.2, 0) is 0 Å². The molecule has 0 aliphatic carbocycles. The quantitative estimate of drug-likeness (QED) is 0.699. The molecule has 0 fully saturated rings. The van der Waals surface area contributed by atoms with Gasteiger partial charge in [0.25, 0.3) is 0 Å². The van der Waals surface area contributed by atoms with E-state index in [0.29, 0.717) is 0 Å². The van der Waals surface area contributed by atoms with E-state index in [1.807, 2.05) is 0 Å². The maximum absolute atomic E-state index is 3.99. The van der Waals surface area contributed by atoms with Crippen molar-refractivity contribution in [1.29, 1.82) is 0 Å². The highest BCUT2D eigenvalue weighted by Gasteiger charge is 2.17. The molecule has 0 radical (unpaired) electrons. The van der Waals surface area contributed by atoms with Crippen molar-refractivity contribution < 1.29 is 0 Å². The molecule has 0 bridgehead atoms. The van der Waals surface area contributed by atoms with E-state index in [1.54, 1.807) is 5.19 Å². The number of allylic oxidation sites excluding steroid dienone is 1. The van der Waals surface area contributed by atoms with E-state index in [2.05, 4.69) is 63.1 Å². The van der Waals surface area contributed by atoms with Crippen molar-refractivity contribution in [3.8, 4) is 0 Å². The monoisotopic (exact) mass is 247 g/mol. The Hall–Kier alpha value is -0.863. The third-order valence-corrected chi connectivity index (χ3v) is 6.97.